The van der Waals surface area contributed by atoms with Crippen LogP contribution in [0.1, 0.15) is 26.3 Å². The van der Waals surface area contributed by atoms with Crippen LogP contribution < -0.4 is 0 Å². The van der Waals surface area contributed by atoms with Crippen LogP contribution in [0.5, 0.6) is 0 Å². The number of benzene rings is 4. The zero-order valence-corrected chi connectivity index (χ0v) is 13.4. The summed E-state index contributed by atoms with van der Waals surface area (Å²) in [4.78, 5) is 0. The summed E-state index contributed by atoms with van der Waals surface area (Å²) in [5.41, 5.74) is 1.58. The van der Waals surface area contributed by atoms with Crippen molar-refractivity contribution in [3.63, 3.8) is 0 Å². The lowest BCUT2D eigenvalue weighted by Gasteiger charge is -2.19. The molecule has 0 aliphatic rings. The van der Waals surface area contributed by atoms with Crippen LogP contribution in [0.4, 0.5) is 0 Å². The molecule has 108 valence electrons. The molecule has 0 saturated carbocycles. The summed E-state index contributed by atoms with van der Waals surface area (Å²) >= 11 is 0. The largest absolute Gasteiger partial charge is 0.0616 e. The van der Waals surface area contributed by atoms with Gasteiger partial charge in [-0.15, -0.1) is 0 Å². The molecule has 4 rings (SSSR count). The van der Waals surface area contributed by atoms with Gasteiger partial charge in [0.1, 0.15) is 0 Å². The molecule has 4 aromatic carbocycles. The summed E-state index contributed by atoms with van der Waals surface area (Å²) in [5.74, 6) is 0. The Hall–Kier alpha value is -2.34. The first-order chi connectivity index (χ1) is 10.5. The van der Waals surface area contributed by atoms with Crippen LogP contribution in [-0.4, -0.2) is 0 Å². The Bertz CT molecular complexity index is 1000. The van der Waals surface area contributed by atoms with Crippen LogP contribution >= 0.6 is 0 Å². The van der Waals surface area contributed by atoms with Crippen LogP contribution in [0.25, 0.3) is 32.3 Å². The molecular weight excluding hydrogens is 264 g/mol. The zero-order valence-electron chi connectivity index (χ0n) is 13.4. The molecule has 0 heteroatoms. The van der Waals surface area contributed by atoms with Crippen molar-refractivity contribution in [3.8, 4) is 0 Å². The fraction of sp³-hybridized carbons (Fsp3) is 0.182. The number of hydrogen-bond donors (Lipinski definition) is 0. The molecule has 4 aromatic rings. The van der Waals surface area contributed by atoms with E-state index in [1.807, 2.05) is 0 Å². The predicted octanol–water partition coefficient (Wildman–Crippen LogP) is 6.44. The Morgan fingerprint density at radius 1 is 0.545 bits per heavy atom. The number of fused-ring (bicyclic) bond motifs is 4. The van der Waals surface area contributed by atoms with E-state index in [0.29, 0.717) is 0 Å². The highest BCUT2D eigenvalue weighted by atomic mass is 14.2. The normalized spacial score (nSPS) is 12.3. The van der Waals surface area contributed by atoms with Gasteiger partial charge in [0.15, 0.2) is 0 Å². The van der Waals surface area contributed by atoms with Gasteiger partial charge in [-0.2, -0.15) is 0 Å². The number of hydrogen-bond acceptors (Lipinski definition) is 0. The zero-order chi connectivity index (χ0) is 15.3. The Morgan fingerprint density at radius 3 is 2.09 bits per heavy atom. The van der Waals surface area contributed by atoms with Crippen LogP contribution in [0, 0.1) is 0 Å². The molecule has 0 unspecified atom stereocenters. The van der Waals surface area contributed by atoms with Gasteiger partial charge >= 0.3 is 0 Å². The van der Waals surface area contributed by atoms with E-state index in [2.05, 4.69) is 87.5 Å². The molecule has 0 radical (unpaired) electrons. The van der Waals surface area contributed by atoms with Crippen LogP contribution in [-0.2, 0) is 5.41 Å². The van der Waals surface area contributed by atoms with Gasteiger partial charge in [0.25, 0.3) is 0 Å². The fourth-order valence-electron chi connectivity index (χ4n) is 3.22. The van der Waals surface area contributed by atoms with E-state index >= 15 is 0 Å². The molecule has 0 saturated heterocycles. The average Bonchev–Trinajstić information content (AvgIpc) is 2.51. The topological polar surface area (TPSA) is 0 Å². The molecule has 0 bridgehead atoms. The maximum absolute atomic E-state index is 2.34. The van der Waals surface area contributed by atoms with E-state index in [9.17, 15) is 0 Å². The molecule has 0 fully saturated rings. The first kappa shape index (κ1) is 13.3. The highest BCUT2D eigenvalue weighted by Gasteiger charge is 2.14. The minimum Gasteiger partial charge on any atom is -0.0616 e. The summed E-state index contributed by atoms with van der Waals surface area (Å²) in [7, 11) is 0. The second-order valence-electron chi connectivity index (χ2n) is 7.17. The van der Waals surface area contributed by atoms with E-state index in [4.69, 9.17) is 0 Å². The third kappa shape index (κ3) is 2.07. The van der Waals surface area contributed by atoms with Gasteiger partial charge in [0, 0.05) is 0 Å². The van der Waals surface area contributed by atoms with Gasteiger partial charge in [0.05, 0.1) is 0 Å². The third-order valence-corrected chi connectivity index (χ3v) is 4.57. The lowest BCUT2D eigenvalue weighted by molar-refractivity contribution is 0.591. The molecule has 0 atom stereocenters. The summed E-state index contributed by atoms with van der Waals surface area (Å²) in [6, 6.07) is 24.6. The lowest BCUT2D eigenvalue weighted by Crippen LogP contribution is -2.10. The maximum atomic E-state index is 2.34. The fourth-order valence-corrected chi connectivity index (χ4v) is 3.22. The highest BCUT2D eigenvalue weighted by Crippen LogP contribution is 2.32. The molecule has 0 amide bonds. The third-order valence-electron chi connectivity index (χ3n) is 4.57. The Kier molecular flexibility index (Phi) is 2.77. The summed E-state index contributed by atoms with van der Waals surface area (Å²) < 4.78 is 0. The average molecular weight is 284 g/mol. The predicted molar refractivity (Wildman–Crippen MR) is 97.7 cm³/mol. The molecule has 0 nitrogen and oxygen atoms in total. The van der Waals surface area contributed by atoms with Crippen molar-refractivity contribution < 1.29 is 0 Å². The first-order valence-corrected chi connectivity index (χ1v) is 7.88. The van der Waals surface area contributed by atoms with Crippen molar-refractivity contribution in [1.29, 1.82) is 0 Å². The summed E-state index contributed by atoms with van der Waals surface area (Å²) in [6.45, 7) is 6.80. The molecule has 0 aromatic heterocycles. The van der Waals surface area contributed by atoms with Crippen LogP contribution in [0.2, 0.25) is 0 Å². The molecule has 0 heterocycles. The van der Waals surface area contributed by atoms with E-state index in [1.165, 1.54) is 37.9 Å². The van der Waals surface area contributed by atoms with Crippen molar-refractivity contribution >= 4 is 32.3 Å². The van der Waals surface area contributed by atoms with Crippen molar-refractivity contribution in [1.82, 2.24) is 0 Å². The standard InChI is InChI=1S/C22H20/c1-22(2,3)19-11-10-16-14-21-17(12-18(16)13-19)9-8-15-6-4-5-7-20(15)21/h4-14H,1-3H3. The Morgan fingerprint density at radius 2 is 1.27 bits per heavy atom. The van der Waals surface area contributed by atoms with Crippen molar-refractivity contribution in [3.05, 3.63) is 72.3 Å². The maximum Gasteiger partial charge on any atom is -0.00990 e. The second-order valence-corrected chi connectivity index (χ2v) is 7.17. The number of rotatable bonds is 0. The van der Waals surface area contributed by atoms with Gasteiger partial charge in [-0.3, -0.25) is 0 Å². The molecule has 0 spiro atoms. The molecule has 22 heavy (non-hydrogen) atoms. The smallest absolute Gasteiger partial charge is 0.00990 e. The minimum absolute atomic E-state index is 0.187. The molecule has 0 aliphatic carbocycles. The van der Waals surface area contributed by atoms with E-state index in [0.717, 1.165) is 0 Å². The molecule has 0 aliphatic heterocycles. The van der Waals surface area contributed by atoms with Crippen molar-refractivity contribution in [2.75, 3.05) is 0 Å². The van der Waals surface area contributed by atoms with Gasteiger partial charge in [-0.05, 0) is 55.4 Å². The van der Waals surface area contributed by atoms with Gasteiger partial charge in [-0.25, -0.2) is 0 Å². The van der Waals surface area contributed by atoms with E-state index in [1.54, 1.807) is 0 Å². The van der Waals surface area contributed by atoms with E-state index in [-0.39, 0.29) is 5.41 Å². The molecule has 0 N–H and O–H groups in total. The summed E-state index contributed by atoms with van der Waals surface area (Å²) in [6.07, 6.45) is 0. The summed E-state index contributed by atoms with van der Waals surface area (Å²) in [5, 5.41) is 7.95. The Balaban J connectivity index is 2.07. The van der Waals surface area contributed by atoms with Crippen molar-refractivity contribution in [2.24, 2.45) is 0 Å². The SMILES string of the molecule is CC(C)(C)c1ccc2cc3c(ccc4ccccc43)cc2c1. The molecular formula is C22H20. The van der Waals surface area contributed by atoms with Crippen LogP contribution in [0.3, 0.4) is 0 Å². The Labute approximate surface area is 131 Å². The first-order valence-electron chi connectivity index (χ1n) is 7.88. The second kappa shape index (κ2) is 4.58. The lowest BCUT2D eigenvalue weighted by atomic mass is 9.85. The van der Waals surface area contributed by atoms with E-state index < -0.39 is 0 Å². The minimum atomic E-state index is 0.187. The monoisotopic (exact) mass is 284 g/mol. The van der Waals surface area contributed by atoms with Crippen LogP contribution in [0.15, 0.2) is 66.7 Å². The quantitative estimate of drug-likeness (QED) is 0.257. The van der Waals surface area contributed by atoms with Gasteiger partial charge < -0.3 is 0 Å². The van der Waals surface area contributed by atoms with Gasteiger partial charge in [0.2, 0.25) is 0 Å². The van der Waals surface area contributed by atoms with Gasteiger partial charge in [-0.1, -0.05) is 75.4 Å². The highest BCUT2D eigenvalue weighted by molar-refractivity contribution is 6.12. The van der Waals surface area contributed by atoms with Crippen molar-refractivity contribution in [2.45, 2.75) is 26.2 Å².